The SMILES string of the molecule is COc1ccc(Nc2ccc(C(=O)Nc3ccc(Cl)cc3)cn2)cc1. The van der Waals surface area contributed by atoms with Crippen LogP contribution in [0.3, 0.4) is 0 Å². The van der Waals surface area contributed by atoms with Crippen molar-refractivity contribution in [2.75, 3.05) is 17.7 Å². The van der Waals surface area contributed by atoms with Gasteiger partial charge in [-0.05, 0) is 60.7 Å². The number of amides is 1. The lowest BCUT2D eigenvalue weighted by Crippen LogP contribution is -2.12. The average Bonchev–Trinajstić information content (AvgIpc) is 2.65. The Morgan fingerprint density at radius 3 is 2.24 bits per heavy atom. The lowest BCUT2D eigenvalue weighted by molar-refractivity contribution is 0.102. The normalized spacial score (nSPS) is 10.2. The smallest absolute Gasteiger partial charge is 0.257 e. The van der Waals surface area contributed by atoms with Crippen molar-refractivity contribution in [2.45, 2.75) is 0 Å². The Hall–Kier alpha value is -3.05. The van der Waals surface area contributed by atoms with Crippen LogP contribution in [0.5, 0.6) is 5.75 Å². The minimum atomic E-state index is -0.231. The summed E-state index contributed by atoms with van der Waals surface area (Å²) in [5.41, 5.74) is 2.02. The zero-order valence-corrected chi connectivity index (χ0v) is 14.2. The van der Waals surface area contributed by atoms with Gasteiger partial charge in [0.25, 0.3) is 5.91 Å². The molecule has 5 nitrogen and oxygen atoms in total. The molecular weight excluding hydrogens is 338 g/mol. The summed E-state index contributed by atoms with van der Waals surface area (Å²) in [6.45, 7) is 0. The van der Waals surface area contributed by atoms with E-state index in [1.807, 2.05) is 24.3 Å². The minimum Gasteiger partial charge on any atom is -0.497 e. The Morgan fingerprint density at radius 1 is 0.960 bits per heavy atom. The first-order valence-electron chi connectivity index (χ1n) is 7.58. The van der Waals surface area contributed by atoms with E-state index in [1.54, 1.807) is 43.5 Å². The summed E-state index contributed by atoms with van der Waals surface area (Å²) >= 11 is 5.83. The van der Waals surface area contributed by atoms with Gasteiger partial charge in [0, 0.05) is 22.6 Å². The highest BCUT2D eigenvalue weighted by molar-refractivity contribution is 6.30. The number of carbonyl (C=O) groups is 1. The molecule has 0 bridgehead atoms. The molecule has 0 unspecified atom stereocenters. The molecule has 2 aromatic carbocycles. The molecule has 0 saturated carbocycles. The van der Waals surface area contributed by atoms with Gasteiger partial charge in [0.2, 0.25) is 0 Å². The van der Waals surface area contributed by atoms with Crippen molar-refractivity contribution in [1.82, 2.24) is 4.98 Å². The van der Waals surface area contributed by atoms with Crippen molar-refractivity contribution in [3.63, 3.8) is 0 Å². The van der Waals surface area contributed by atoms with E-state index >= 15 is 0 Å². The van der Waals surface area contributed by atoms with Crippen LogP contribution in [-0.4, -0.2) is 18.0 Å². The quantitative estimate of drug-likeness (QED) is 0.695. The first-order chi connectivity index (χ1) is 12.1. The van der Waals surface area contributed by atoms with E-state index in [4.69, 9.17) is 16.3 Å². The Kier molecular flexibility index (Phi) is 5.16. The summed E-state index contributed by atoms with van der Waals surface area (Å²) in [4.78, 5) is 16.5. The van der Waals surface area contributed by atoms with Gasteiger partial charge in [-0.1, -0.05) is 11.6 Å². The number of ether oxygens (including phenoxy) is 1. The molecule has 0 fully saturated rings. The van der Waals surface area contributed by atoms with Crippen molar-refractivity contribution in [1.29, 1.82) is 0 Å². The summed E-state index contributed by atoms with van der Waals surface area (Å²) in [5.74, 6) is 1.20. The summed E-state index contributed by atoms with van der Waals surface area (Å²) in [5, 5.41) is 6.58. The number of hydrogen-bond donors (Lipinski definition) is 2. The molecule has 0 radical (unpaired) electrons. The second-order valence-electron chi connectivity index (χ2n) is 5.25. The number of hydrogen-bond acceptors (Lipinski definition) is 4. The lowest BCUT2D eigenvalue weighted by Gasteiger charge is -2.08. The van der Waals surface area contributed by atoms with Crippen LogP contribution in [0.15, 0.2) is 66.9 Å². The molecule has 1 aromatic heterocycles. The standard InChI is InChI=1S/C19H16ClN3O2/c1-25-17-9-7-15(8-10-17)22-18-11-2-13(12-21-18)19(24)23-16-5-3-14(20)4-6-16/h2-12H,1H3,(H,21,22)(H,23,24). The van der Waals surface area contributed by atoms with Gasteiger partial charge in [-0.25, -0.2) is 4.98 Å². The van der Waals surface area contributed by atoms with E-state index in [1.165, 1.54) is 6.20 Å². The molecule has 3 rings (SSSR count). The second-order valence-corrected chi connectivity index (χ2v) is 5.68. The maximum absolute atomic E-state index is 12.2. The molecule has 0 spiro atoms. The minimum absolute atomic E-state index is 0.231. The summed E-state index contributed by atoms with van der Waals surface area (Å²) in [6, 6.07) is 17.9. The van der Waals surface area contributed by atoms with Crippen molar-refractivity contribution in [2.24, 2.45) is 0 Å². The van der Waals surface area contributed by atoms with E-state index < -0.39 is 0 Å². The number of pyridine rings is 1. The van der Waals surface area contributed by atoms with E-state index in [0.29, 0.717) is 22.1 Å². The van der Waals surface area contributed by atoms with Crippen molar-refractivity contribution >= 4 is 34.7 Å². The predicted molar refractivity (Wildman–Crippen MR) is 99.9 cm³/mol. The first kappa shape index (κ1) is 16.8. The number of benzene rings is 2. The zero-order chi connectivity index (χ0) is 17.6. The summed E-state index contributed by atoms with van der Waals surface area (Å²) in [7, 11) is 1.62. The number of carbonyl (C=O) groups excluding carboxylic acids is 1. The van der Waals surface area contributed by atoms with Crippen LogP contribution in [0, 0.1) is 0 Å². The van der Waals surface area contributed by atoms with Crippen molar-refractivity contribution < 1.29 is 9.53 Å². The average molecular weight is 354 g/mol. The number of aromatic nitrogens is 1. The predicted octanol–water partition coefficient (Wildman–Crippen LogP) is 4.74. The fourth-order valence-electron chi connectivity index (χ4n) is 2.16. The molecule has 0 saturated heterocycles. The van der Waals surface area contributed by atoms with Gasteiger partial charge in [-0.15, -0.1) is 0 Å². The molecule has 0 atom stereocenters. The topological polar surface area (TPSA) is 63.2 Å². The van der Waals surface area contributed by atoms with Crippen LogP contribution in [0.4, 0.5) is 17.2 Å². The van der Waals surface area contributed by atoms with Gasteiger partial charge in [-0.3, -0.25) is 4.79 Å². The fourth-order valence-corrected chi connectivity index (χ4v) is 2.29. The van der Waals surface area contributed by atoms with Gasteiger partial charge in [-0.2, -0.15) is 0 Å². The number of methoxy groups -OCH3 is 1. The molecule has 0 aliphatic rings. The maximum Gasteiger partial charge on any atom is 0.257 e. The second kappa shape index (κ2) is 7.68. The van der Waals surface area contributed by atoms with Crippen LogP contribution < -0.4 is 15.4 Å². The molecule has 2 N–H and O–H groups in total. The Balaban J connectivity index is 1.64. The lowest BCUT2D eigenvalue weighted by atomic mass is 10.2. The van der Waals surface area contributed by atoms with Gasteiger partial charge in [0.05, 0.1) is 12.7 Å². The van der Waals surface area contributed by atoms with E-state index in [0.717, 1.165) is 11.4 Å². The van der Waals surface area contributed by atoms with Gasteiger partial charge in [0.15, 0.2) is 0 Å². The summed E-state index contributed by atoms with van der Waals surface area (Å²) < 4.78 is 5.12. The third-order valence-corrected chi connectivity index (χ3v) is 3.74. The number of nitrogens with one attached hydrogen (secondary N) is 2. The third-order valence-electron chi connectivity index (χ3n) is 3.49. The Labute approximate surface area is 150 Å². The number of anilines is 3. The molecule has 126 valence electrons. The highest BCUT2D eigenvalue weighted by Crippen LogP contribution is 2.19. The number of nitrogens with zero attached hydrogens (tertiary/aromatic N) is 1. The largest absolute Gasteiger partial charge is 0.497 e. The van der Waals surface area contributed by atoms with E-state index in [-0.39, 0.29) is 5.91 Å². The van der Waals surface area contributed by atoms with Gasteiger partial charge < -0.3 is 15.4 Å². The molecule has 1 heterocycles. The maximum atomic E-state index is 12.2. The number of halogens is 1. The Morgan fingerprint density at radius 2 is 1.64 bits per heavy atom. The zero-order valence-electron chi connectivity index (χ0n) is 13.5. The van der Waals surface area contributed by atoms with Gasteiger partial charge in [0.1, 0.15) is 11.6 Å². The van der Waals surface area contributed by atoms with Crippen molar-refractivity contribution in [3.05, 3.63) is 77.4 Å². The first-order valence-corrected chi connectivity index (χ1v) is 7.96. The summed E-state index contributed by atoms with van der Waals surface area (Å²) in [6.07, 6.45) is 1.52. The van der Waals surface area contributed by atoms with Crippen LogP contribution in [0.2, 0.25) is 5.02 Å². The highest BCUT2D eigenvalue weighted by atomic mass is 35.5. The molecule has 3 aromatic rings. The molecule has 0 aliphatic heterocycles. The molecule has 25 heavy (non-hydrogen) atoms. The molecular formula is C19H16ClN3O2. The monoisotopic (exact) mass is 353 g/mol. The Bertz CT molecular complexity index is 847. The van der Waals surface area contributed by atoms with Crippen LogP contribution >= 0.6 is 11.6 Å². The fraction of sp³-hybridized carbons (Fsp3) is 0.0526. The number of rotatable bonds is 5. The van der Waals surface area contributed by atoms with Crippen LogP contribution in [0.25, 0.3) is 0 Å². The van der Waals surface area contributed by atoms with Crippen molar-refractivity contribution in [3.8, 4) is 5.75 Å². The molecule has 0 aliphatic carbocycles. The van der Waals surface area contributed by atoms with E-state index in [2.05, 4.69) is 15.6 Å². The third kappa shape index (κ3) is 4.49. The highest BCUT2D eigenvalue weighted by Gasteiger charge is 2.07. The van der Waals surface area contributed by atoms with E-state index in [9.17, 15) is 4.79 Å². The van der Waals surface area contributed by atoms with Gasteiger partial charge >= 0.3 is 0 Å². The van der Waals surface area contributed by atoms with Crippen LogP contribution in [-0.2, 0) is 0 Å². The molecule has 6 heteroatoms. The molecule has 1 amide bonds. The van der Waals surface area contributed by atoms with Crippen LogP contribution in [0.1, 0.15) is 10.4 Å².